The molecule has 0 bridgehead atoms. The second-order valence-corrected chi connectivity index (χ2v) is 7.15. The molecule has 0 spiro atoms. The van der Waals surface area contributed by atoms with E-state index >= 15 is 0 Å². The van der Waals surface area contributed by atoms with E-state index in [0.29, 0.717) is 45.3 Å². The lowest BCUT2D eigenvalue weighted by molar-refractivity contribution is -0.142. The first-order valence-corrected chi connectivity index (χ1v) is 9.43. The topological polar surface area (TPSA) is 98.7 Å². The van der Waals surface area contributed by atoms with Crippen LogP contribution < -0.4 is 10.6 Å². The molecule has 0 aliphatic heterocycles. The minimum absolute atomic E-state index is 0.00819. The Balaban J connectivity index is 1.88. The first kappa shape index (κ1) is 19.2. The van der Waals surface area contributed by atoms with Crippen LogP contribution in [0.25, 0.3) is 0 Å². The summed E-state index contributed by atoms with van der Waals surface area (Å²) in [4.78, 5) is 36.4. The molecule has 1 aliphatic carbocycles. The van der Waals surface area contributed by atoms with Gasteiger partial charge in [0, 0.05) is 32.6 Å². The Bertz CT molecular complexity index is 583. The van der Waals surface area contributed by atoms with Crippen LogP contribution in [0, 0.1) is 5.92 Å². The molecule has 2 rings (SSSR count). The Hall–Kier alpha value is -2.09. The van der Waals surface area contributed by atoms with E-state index < -0.39 is 5.97 Å². The highest BCUT2D eigenvalue weighted by molar-refractivity contribution is 7.07. The van der Waals surface area contributed by atoms with E-state index in [1.54, 1.807) is 16.2 Å². The lowest BCUT2D eigenvalue weighted by Gasteiger charge is -2.30. The number of rotatable bonds is 7. The molecule has 0 saturated heterocycles. The third kappa shape index (κ3) is 6.38. The van der Waals surface area contributed by atoms with Crippen molar-refractivity contribution in [3.63, 3.8) is 0 Å². The Labute approximate surface area is 151 Å². The van der Waals surface area contributed by atoms with Gasteiger partial charge in [-0.3, -0.25) is 9.59 Å². The van der Waals surface area contributed by atoms with Crippen LogP contribution >= 0.6 is 11.3 Å². The molecule has 0 atom stereocenters. The van der Waals surface area contributed by atoms with Crippen LogP contribution in [0.5, 0.6) is 0 Å². The molecule has 0 radical (unpaired) electrons. The van der Waals surface area contributed by atoms with Crippen molar-refractivity contribution in [2.24, 2.45) is 5.92 Å². The van der Waals surface area contributed by atoms with Crippen LogP contribution in [0.3, 0.4) is 0 Å². The van der Waals surface area contributed by atoms with Gasteiger partial charge in [-0.2, -0.15) is 11.3 Å². The lowest BCUT2D eigenvalue weighted by Crippen LogP contribution is -2.48. The van der Waals surface area contributed by atoms with Crippen LogP contribution in [0.15, 0.2) is 16.8 Å². The van der Waals surface area contributed by atoms with Crippen molar-refractivity contribution in [3.05, 3.63) is 22.4 Å². The van der Waals surface area contributed by atoms with E-state index in [1.807, 2.05) is 16.8 Å². The maximum absolute atomic E-state index is 12.6. The molecule has 3 N–H and O–H groups in total. The zero-order valence-electron chi connectivity index (χ0n) is 14.4. The predicted molar refractivity (Wildman–Crippen MR) is 95.3 cm³/mol. The zero-order valence-corrected chi connectivity index (χ0v) is 15.2. The van der Waals surface area contributed by atoms with Crippen LogP contribution in [0.1, 0.15) is 38.2 Å². The fourth-order valence-electron chi connectivity index (χ4n) is 2.97. The van der Waals surface area contributed by atoms with Gasteiger partial charge in [0.1, 0.15) is 0 Å². The SMILES string of the molecule is CC(=O)NCCN(Cc1ccsc1)C(=O)NC1CCC(C(=O)O)CC1. The van der Waals surface area contributed by atoms with Gasteiger partial charge in [0.15, 0.2) is 0 Å². The van der Waals surface area contributed by atoms with E-state index in [1.165, 1.54) is 6.92 Å². The van der Waals surface area contributed by atoms with E-state index in [0.717, 1.165) is 5.56 Å². The molecule has 25 heavy (non-hydrogen) atoms. The number of carbonyl (C=O) groups is 3. The number of amides is 3. The number of carbonyl (C=O) groups excluding carboxylic acids is 2. The smallest absolute Gasteiger partial charge is 0.317 e. The van der Waals surface area contributed by atoms with Crippen molar-refractivity contribution >= 4 is 29.2 Å². The number of urea groups is 1. The van der Waals surface area contributed by atoms with Crippen LogP contribution in [0.4, 0.5) is 4.79 Å². The Morgan fingerprint density at radius 3 is 2.56 bits per heavy atom. The second-order valence-electron chi connectivity index (χ2n) is 6.37. The summed E-state index contributed by atoms with van der Waals surface area (Å²) in [7, 11) is 0. The second kappa shape index (κ2) is 9.41. The number of hydrogen-bond donors (Lipinski definition) is 3. The van der Waals surface area contributed by atoms with Crippen LogP contribution in [0.2, 0.25) is 0 Å². The summed E-state index contributed by atoms with van der Waals surface area (Å²) in [6.45, 7) is 2.76. The summed E-state index contributed by atoms with van der Waals surface area (Å²) in [6, 6.07) is 1.81. The summed E-state index contributed by atoms with van der Waals surface area (Å²) >= 11 is 1.58. The molecule has 1 saturated carbocycles. The van der Waals surface area contributed by atoms with E-state index in [4.69, 9.17) is 5.11 Å². The number of carboxylic acid groups (broad SMARTS) is 1. The molecule has 1 fully saturated rings. The van der Waals surface area contributed by atoms with E-state index in [-0.39, 0.29) is 23.9 Å². The number of thiophene rings is 1. The summed E-state index contributed by atoms with van der Waals surface area (Å²) in [5.41, 5.74) is 1.05. The molecule has 138 valence electrons. The van der Waals surface area contributed by atoms with Crippen molar-refractivity contribution in [1.82, 2.24) is 15.5 Å². The third-order valence-electron chi connectivity index (χ3n) is 4.40. The average Bonchev–Trinajstić information content (AvgIpc) is 3.07. The van der Waals surface area contributed by atoms with Crippen LogP contribution in [-0.4, -0.2) is 47.0 Å². The van der Waals surface area contributed by atoms with Gasteiger partial charge in [-0.15, -0.1) is 0 Å². The fourth-order valence-corrected chi connectivity index (χ4v) is 3.63. The minimum Gasteiger partial charge on any atom is -0.481 e. The molecule has 1 aromatic rings. The molecule has 3 amide bonds. The number of hydrogen-bond acceptors (Lipinski definition) is 4. The van der Waals surface area contributed by atoms with Gasteiger partial charge in [0.2, 0.25) is 5.91 Å². The maximum atomic E-state index is 12.6. The van der Waals surface area contributed by atoms with Gasteiger partial charge in [-0.1, -0.05) is 0 Å². The summed E-state index contributed by atoms with van der Waals surface area (Å²) < 4.78 is 0. The van der Waals surface area contributed by atoms with Gasteiger partial charge in [-0.05, 0) is 48.1 Å². The van der Waals surface area contributed by atoms with E-state index in [9.17, 15) is 14.4 Å². The molecule has 1 aliphatic rings. The summed E-state index contributed by atoms with van der Waals surface area (Å²) in [5, 5.41) is 18.7. The Morgan fingerprint density at radius 1 is 1.28 bits per heavy atom. The molecule has 7 nitrogen and oxygen atoms in total. The van der Waals surface area contributed by atoms with Crippen molar-refractivity contribution in [1.29, 1.82) is 0 Å². The number of nitrogens with one attached hydrogen (secondary N) is 2. The van der Waals surface area contributed by atoms with E-state index in [2.05, 4.69) is 10.6 Å². The quantitative estimate of drug-likeness (QED) is 0.687. The largest absolute Gasteiger partial charge is 0.481 e. The normalized spacial score (nSPS) is 19.9. The third-order valence-corrected chi connectivity index (χ3v) is 5.13. The maximum Gasteiger partial charge on any atom is 0.317 e. The highest BCUT2D eigenvalue weighted by Crippen LogP contribution is 2.24. The highest BCUT2D eigenvalue weighted by atomic mass is 32.1. The lowest BCUT2D eigenvalue weighted by atomic mass is 9.86. The van der Waals surface area contributed by atoms with Gasteiger partial charge in [-0.25, -0.2) is 4.79 Å². The molecular weight excluding hydrogens is 342 g/mol. The first-order valence-electron chi connectivity index (χ1n) is 8.49. The van der Waals surface area contributed by atoms with Gasteiger partial charge >= 0.3 is 12.0 Å². The molecule has 8 heteroatoms. The summed E-state index contributed by atoms with van der Waals surface area (Å²) in [6.07, 6.45) is 2.55. The monoisotopic (exact) mass is 367 g/mol. The fraction of sp³-hybridized carbons (Fsp3) is 0.588. The van der Waals surface area contributed by atoms with Gasteiger partial charge < -0.3 is 20.6 Å². The first-order chi connectivity index (χ1) is 12.0. The van der Waals surface area contributed by atoms with Crippen molar-refractivity contribution in [2.75, 3.05) is 13.1 Å². The predicted octanol–water partition coefficient (Wildman–Crippen LogP) is 2.04. The van der Waals surface area contributed by atoms with Gasteiger partial charge in [0.25, 0.3) is 0 Å². The molecule has 0 aromatic carbocycles. The summed E-state index contributed by atoms with van der Waals surface area (Å²) in [5.74, 6) is -1.17. The van der Waals surface area contributed by atoms with Gasteiger partial charge in [0.05, 0.1) is 5.92 Å². The highest BCUT2D eigenvalue weighted by Gasteiger charge is 2.27. The molecule has 1 heterocycles. The number of aliphatic carboxylic acids is 1. The number of nitrogens with zero attached hydrogens (tertiary/aromatic N) is 1. The number of carboxylic acids is 1. The van der Waals surface area contributed by atoms with Crippen molar-refractivity contribution in [3.8, 4) is 0 Å². The Kier molecular flexibility index (Phi) is 7.24. The standard InChI is InChI=1S/C17H25N3O4S/c1-12(21)18-7-8-20(10-13-6-9-25-11-13)17(24)19-15-4-2-14(3-5-15)16(22)23/h6,9,11,14-15H,2-5,7-8,10H2,1H3,(H,18,21)(H,19,24)(H,22,23). The van der Waals surface area contributed by atoms with Crippen molar-refractivity contribution in [2.45, 2.75) is 45.2 Å². The Morgan fingerprint density at radius 2 is 2.00 bits per heavy atom. The zero-order chi connectivity index (χ0) is 18.2. The average molecular weight is 367 g/mol. The molecular formula is C17H25N3O4S. The molecule has 0 unspecified atom stereocenters. The molecule has 1 aromatic heterocycles. The minimum atomic E-state index is -0.751. The van der Waals surface area contributed by atoms with Crippen molar-refractivity contribution < 1.29 is 19.5 Å². The van der Waals surface area contributed by atoms with Crippen LogP contribution in [-0.2, 0) is 16.1 Å².